The van der Waals surface area contributed by atoms with Crippen LogP contribution in [0.3, 0.4) is 0 Å². The highest BCUT2D eigenvalue weighted by Crippen LogP contribution is 2.37. The largest absolute Gasteiger partial charge is 0.364 e. The zero-order valence-corrected chi connectivity index (χ0v) is 15.4. The van der Waals surface area contributed by atoms with Gasteiger partial charge in [-0.15, -0.1) is 0 Å². The molecule has 3 rings (SSSR count). The van der Waals surface area contributed by atoms with E-state index in [4.69, 9.17) is 0 Å². The summed E-state index contributed by atoms with van der Waals surface area (Å²) in [4.78, 5) is 15.1. The van der Waals surface area contributed by atoms with E-state index < -0.39 is 14.8 Å². The highest BCUT2D eigenvalue weighted by molar-refractivity contribution is 7.92. The van der Waals surface area contributed by atoms with Gasteiger partial charge in [0, 0.05) is 19.4 Å². The second kappa shape index (κ2) is 6.12. The zero-order valence-electron chi connectivity index (χ0n) is 13.8. The number of fused-ring (bicyclic) bond motifs is 1. The number of hydrogen-bond acceptors (Lipinski definition) is 7. The molecule has 0 aliphatic carbocycles. The lowest BCUT2D eigenvalue weighted by Crippen LogP contribution is -2.06. The predicted octanol–water partition coefficient (Wildman–Crippen LogP) is 2.87. The first-order valence-electron chi connectivity index (χ1n) is 7.31. The normalized spacial score (nSPS) is 11.8. The number of sulfone groups is 1. The van der Waals surface area contributed by atoms with Gasteiger partial charge in [-0.2, -0.15) is 0 Å². The van der Waals surface area contributed by atoms with Crippen LogP contribution in [0.4, 0.5) is 10.7 Å². The van der Waals surface area contributed by atoms with Crippen LogP contribution in [0.25, 0.3) is 11.0 Å². The molecule has 132 valence electrons. The summed E-state index contributed by atoms with van der Waals surface area (Å²) in [6.07, 6.45) is 1.03. The molecule has 8 nitrogen and oxygen atoms in total. The quantitative estimate of drug-likeness (QED) is 0.539. The number of nitrogens with one attached hydrogen (secondary N) is 1. The van der Waals surface area contributed by atoms with Gasteiger partial charge in [0.1, 0.15) is 10.0 Å². The van der Waals surface area contributed by atoms with Gasteiger partial charge < -0.3 is 9.88 Å². The number of nitrogens with zero attached hydrogens (tertiary/aromatic N) is 3. The number of hydrogen-bond donors (Lipinski definition) is 1. The topological polar surface area (TPSA) is 107 Å². The third kappa shape index (κ3) is 3.35. The van der Waals surface area contributed by atoms with Crippen molar-refractivity contribution in [3.05, 3.63) is 45.8 Å². The van der Waals surface area contributed by atoms with Gasteiger partial charge in [-0.1, -0.05) is 17.4 Å². The summed E-state index contributed by atoms with van der Waals surface area (Å²) in [7, 11) is -1.63. The maximum Gasteiger partial charge on any atom is 0.304 e. The van der Waals surface area contributed by atoms with Gasteiger partial charge >= 0.3 is 5.69 Å². The Hall–Kier alpha value is -2.46. The van der Waals surface area contributed by atoms with Crippen molar-refractivity contribution >= 4 is 42.9 Å². The molecule has 0 fully saturated rings. The number of aromatic nitrogens is 2. The fourth-order valence-corrected chi connectivity index (χ4v) is 4.42. The summed E-state index contributed by atoms with van der Waals surface area (Å²) in [5.74, 6) is 0.698. The molecule has 0 aliphatic rings. The smallest absolute Gasteiger partial charge is 0.304 e. The molecule has 0 radical (unpaired) electrons. The van der Waals surface area contributed by atoms with E-state index in [-0.39, 0.29) is 21.4 Å². The minimum atomic E-state index is -3.50. The molecule has 0 aliphatic heterocycles. The van der Waals surface area contributed by atoms with Gasteiger partial charge in [-0.05, 0) is 24.6 Å². The molecule has 2 aromatic heterocycles. The summed E-state index contributed by atoms with van der Waals surface area (Å²) in [5, 5.41) is 14.3. The van der Waals surface area contributed by atoms with Crippen LogP contribution in [-0.2, 0) is 23.4 Å². The lowest BCUT2D eigenvalue weighted by atomic mass is 10.2. The summed E-state index contributed by atoms with van der Waals surface area (Å²) in [5.41, 5.74) is 2.65. The number of rotatable bonds is 5. The fourth-order valence-electron chi connectivity index (χ4n) is 2.48. The Balaban J connectivity index is 1.93. The summed E-state index contributed by atoms with van der Waals surface area (Å²) < 4.78 is 25.1. The van der Waals surface area contributed by atoms with Crippen LogP contribution in [0.2, 0.25) is 0 Å². The van der Waals surface area contributed by atoms with E-state index in [1.807, 2.05) is 36.7 Å². The Morgan fingerprint density at radius 3 is 2.72 bits per heavy atom. The average molecular weight is 380 g/mol. The Morgan fingerprint density at radius 2 is 2.08 bits per heavy atom. The van der Waals surface area contributed by atoms with Crippen LogP contribution in [0, 0.1) is 17.0 Å². The monoisotopic (exact) mass is 380 g/mol. The van der Waals surface area contributed by atoms with E-state index in [2.05, 4.69) is 10.3 Å². The second-order valence-electron chi connectivity index (χ2n) is 5.74. The van der Waals surface area contributed by atoms with Crippen molar-refractivity contribution in [2.45, 2.75) is 17.7 Å². The third-order valence-corrected chi connectivity index (χ3v) is 6.67. The first kappa shape index (κ1) is 17.4. The van der Waals surface area contributed by atoms with E-state index in [0.717, 1.165) is 40.3 Å². The SMILES string of the molecule is Cc1ccc2c(c1)nc(CNc1sc(S(C)(=O)=O)cc1[N+](=O)[O-])n2C. The lowest BCUT2D eigenvalue weighted by Gasteiger charge is -2.04. The fraction of sp³-hybridized carbons (Fsp3) is 0.267. The first-order chi connectivity index (χ1) is 11.7. The first-order valence-corrected chi connectivity index (χ1v) is 10.0. The van der Waals surface area contributed by atoms with E-state index in [1.165, 1.54) is 0 Å². The predicted molar refractivity (Wildman–Crippen MR) is 96.9 cm³/mol. The summed E-state index contributed by atoms with van der Waals surface area (Å²) in [6, 6.07) is 7.01. The molecule has 10 heteroatoms. The highest BCUT2D eigenvalue weighted by atomic mass is 32.2. The summed E-state index contributed by atoms with van der Waals surface area (Å²) >= 11 is 0.851. The third-order valence-electron chi connectivity index (χ3n) is 3.79. The molecular weight excluding hydrogens is 364 g/mol. The van der Waals surface area contributed by atoms with Crippen LogP contribution in [0.5, 0.6) is 0 Å². The van der Waals surface area contributed by atoms with Crippen molar-refractivity contribution < 1.29 is 13.3 Å². The average Bonchev–Trinajstić information content (AvgIpc) is 3.07. The van der Waals surface area contributed by atoms with Crippen LogP contribution in [0.1, 0.15) is 11.4 Å². The molecule has 0 saturated heterocycles. The molecule has 3 aromatic rings. The second-order valence-corrected chi connectivity index (χ2v) is 9.04. The van der Waals surface area contributed by atoms with E-state index >= 15 is 0 Å². The zero-order chi connectivity index (χ0) is 18.4. The lowest BCUT2D eigenvalue weighted by molar-refractivity contribution is -0.383. The van der Waals surface area contributed by atoms with Crippen molar-refractivity contribution in [1.82, 2.24) is 9.55 Å². The van der Waals surface area contributed by atoms with Crippen LogP contribution in [-0.4, -0.2) is 29.1 Å². The van der Waals surface area contributed by atoms with Crippen LogP contribution >= 0.6 is 11.3 Å². The number of thiophene rings is 1. The molecule has 0 unspecified atom stereocenters. The number of nitro groups is 1. The molecule has 0 atom stereocenters. The van der Waals surface area contributed by atoms with Gasteiger partial charge in [-0.3, -0.25) is 10.1 Å². The minimum Gasteiger partial charge on any atom is -0.364 e. The van der Waals surface area contributed by atoms with Crippen molar-refractivity contribution in [2.24, 2.45) is 7.05 Å². The van der Waals surface area contributed by atoms with Crippen molar-refractivity contribution in [2.75, 3.05) is 11.6 Å². The van der Waals surface area contributed by atoms with Crippen molar-refractivity contribution in [1.29, 1.82) is 0 Å². The molecular formula is C15H16N4O4S2. The maximum atomic E-state index is 11.6. The Bertz CT molecular complexity index is 1080. The number of imidazole rings is 1. The molecule has 0 bridgehead atoms. The van der Waals surface area contributed by atoms with Gasteiger partial charge in [0.05, 0.1) is 22.5 Å². The molecule has 0 amide bonds. The standard InChI is InChI=1S/C15H16N4O4S2/c1-9-4-5-11-10(6-9)17-13(18(11)2)8-16-15-12(19(20)21)7-14(24-15)25(3,22)23/h4-7,16H,8H2,1-3H3. The Kier molecular flexibility index (Phi) is 4.25. The van der Waals surface area contributed by atoms with E-state index in [0.29, 0.717) is 5.82 Å². The van der Waals surface area contributed by atoms with E-state index in [9.17, 15) is 18.5 Å². The van der Waals surface area contributed by atoms with E-state index in [1.54, 1.807) is 0 Å². The molecule has 1 N–H and O–H groups in total. The van der Waals surface area contributed by atoms with Crippen molar-refractivity contribution in [3.63, 3.8) is 0 Å². The van der Waals surface area contributed by atoms with Gasteiger partial charge in [0.2, 0.25) is 0 Å². The maximum absolute atomic E-state index is 11.6. The van der Waals surface area contributed by atoms with Crippen LogP contribution in [0.15, 0.2) is 28.5 Å². The van der Waals surface area contributed by atoms with Gasteiger partial charge in [0.25, 0.3) is 0 Å². The van der Waals surface area contributed by atoms with Crippen molar-refractivity contribution in [3.8, 4) is 0 Å². The Morgan fingerprint density at radius 1 is 1.36 bits per heavy atom. The minimum absolute atomic E-state index is 0.0395. The van der Waals surface area contributed by atoms with Gasteiger partial charge in [0.15, 0.2) is 14.8 Å². The highest BCUT2D eigenvalue weighted by Gasteiger charge is 2.24. The molecule has 0 spiro atoms. The van der Waals surface area contributed by atoms with Crippen LogP contribution < -0.4 is 5.32 Å². The molecule has 0 saturated carbocycles. The molecule has 2 heterocycles. The number of benzene rings is 1. The molecule has 25 heavy (non-hydrogen) atoms. The summed E-state index contributed by atoms with van der Waals surface area (Å²) in [6.45, 7) is 2.22. The number of aryl methyl sites for hydroxylation is 2. The number of anilines is 1. The van der Waals surface area contributed by atoms with Gasteiger partial charge in [-0.25, -0.2) is 13.4 Å². The Labute approximate surface area is 148 Å². The molecule has 1 aromatic carbocycles.